The van der Waals surface area contributed by atoms with Crippen LogP contribution in [0.4, 0.5) is 0 Å². The van der Waals surface area contributed by atoms with Gasteiger partial charge in [-0.1, -0.05) is 61.1 Å². The molecule has 1 aliphatic rings. The third-order valence-electron chi connectivity index (χ3n) is 5.37. The fraction of sp³-hybridized carbons (Fsp3) is 0.542. The molecule has 1 aromatic rings. The van der Waals surface area contributed by atoms with Crippen molar-refractivity contribution in [2.75, 3.05) is 7.11 Å². The lowest BCUT2D eigenvalue weighted by Crippen LogP contribution is -2.03. The minimum Gasteiger partial charge on any atom is -0.469 e. The number of carbonyl (C=O) groups is 1. The molecule has 2 rings (SSSR count). The van der Waals surface area contributed by atoms with Crippen LogP contribution in [0.3, 0.4) is 0 Å². The van der Waals surface area contributed by atoms with E-state index < -0.39 is 0 Å². The highest BCUT2D eigenvalue weighted by Gasteiger charge is 2.23. The highest BCUT2D eigenvalue weighted by Crippen LogP contribution is 2.35. The second-order valence-corrected chi connectivity index (χ2v) is 7.34. The first-order valence-corrected chi connectivity index (χ1v) is 10.2. The average molecular weight is 355 g/mol. The van der Waals surface area contributed by atoms with Gasteiger partial charge in [-0.25, -0.2) is 0 Å². The maximum absolute atomic E-state index is 11.1. The van der Waals surface area contributed by atoms with Crippen LogP contribution < -0.4 is 0 Å². The first kappa shape index (κ1) is 20.5. The lowest BCUT2D eigenvalue weighted by molar-refractivity contribution is -0.140. The van der Waals surface area contributed by atoms with E-state index in [0.29, 0.717) is 6.42 Å². The number of carbonyl (C=O) groups excluding carboxylic acids is 1. The van der Waals surface area contributed by atoms with Crippen LogP contribution in [0.2, 0.25) is 0 Å². The van der Waals surface area contributed by atoms with Crippen LogP contribution in [-0.4, -0.2) is 13.1 Å². The fourth-order valence-corrected chi connectivity index (χ4v) is 3.81. The fourth-order valence-electron chi connectivity index (χ4n) is 3.81. The molecule has 0 radical (unpaired) electrons. The predicted molar refractivity (Wildman–Crippen MR) is 109 cm³/mol. The van der Waals surface area contributed by atoms with E-state index in [1.807, 2.05) is 0 Å². The van der Waals surface area contributed by atoms with Crippen molar-refractivity contribution in [1.29, 1.82) is 0 Å². The first-order chi connectivity index (χ1) is 12.8. The Labute approximate surface area is 159 Å². The summed E-state index contributed by atoms with van der Waals surface area (Å²) in [5, 5.41) is 0. The van der Waals surface area contributed by atoms with E-state index in [4.69, 9.17) is 0 Å². The summed E-state index contributed by atoms with van der Waals surface area (Å²) in [5.74, 6) is 1.45. The lowest BCUT2D eigenvalue weighted by atomic mass is 9.92. The molecule has 0 unspecified atom stereocenters. The highest BCUT2D eigenvalue weighted by molar-refractivity contribution is 5.69. The number of hydrogen-bond acceptors (Lipinski definition) is 2. The SMILES string of the molecule is COC(=O)CCCC=CC[C@H]1CCC[C@@H]1C=CCCCc1ccccc1. The second-order valence-electron chi connectivity index (χ2n) is 7.34. The van der Waals surface area contributed by atoms with Crippen LogP contribution in [0, 0.1) is 11.8 Å². The highest BCUT2D eigenvalue weighted by atomic mass is 16.5. The molecule has 0 N–H and O–H groups in total. The number of unbranched alkanes of at least 4 members (excludes halogenated alkanes) is 2. The average Bonchev–Trinajstić information content (AvgIpc) is 3.12. The molecule has 2 atom stereocenters. The molecule has 0 heterocycles. The topological polar surface area (TPSA) is 26.3 Å². The third-order valence-corrected chi connectivity index (χ3v) is 5.37. The number of allylic oxidation sites excluding steroid dienone is 4. The Hall–Kier alpha value is -1.83. The Morgan fingerprint density at radius 2 is 1.88 bits per heavy atom. The van der Waals surface area contributed by atoms with E-state index in [2.05, 4.69) is 59.4 Å². The minimum atomic E-state index is -0.105. The zero-order chi connectivity index (χ0) is 18.5. The Balaban J connectivity index is 1.60. The molecular formula is C24H34O2. The number of esters is 1. The quantitative estimate of drug-likeness (QED) is 0.266. The number of hydrogen-bond donors (Lipinski definition) is 0. The Morgan fingerprint density at radius 3 is 2.69 bits per heavy atom. The van der Waals surface area contributed by atoms with Crippen LogP contribution in [0.25, 0.3) is 0 Å². The summed E-state index contributed by atoms with van der Waals surface area (Å²) in [7, 11) is 1.45. The molecule has 1 aliphatic carbocycles. The molecule has 2 heteroatoms. The zero-order valence-corrected chi connectivity index (χ0v) is 16.2. The number of methoxy groups -OCH3 is 1. The summed E-state index contributed by atoms with van der Waals surface area (Å²) < 4.78 is 4.66. The van der Waals surface area contributed by atoms with Crippen LogP contribution in [-0.2, 0) is 16.0 Å². The zero-order valence-electron chi connectivity index (χ0n) is 16.2. The van der Waals surface area contributed by atoms with Crippen molar-refractivity contribution in [2.24, 2.45) is 11.8 Å². The maximum atomic E-state index is 11.1. The van der Waals surface area contributed by atoms with E-state index >= 15 is 0 Å². The van der Waals surface area contributed by atoms with Gasteiger partial charge in [0.2, 0.25) is 0 Å². The van der Waals surface area contributed by atoms with Gasteiger partial charge < -0.3 is 4.74 Å². The number of ether oxygens (including phenoxy) is 1. The van der Waals surface area contributed by atoms with Gasteiger partial charge in [0.1, 0.15) is 0 Å². The van der Waals surface area contributed by atoms with E-state index in [-0.39, 0.29) is 5.97 Å². The largest absolute Gasteiger partial charge is 0.469 e. The molecule has 2 nitrogen and oxygen atoms in total. The summed E-state index contributed by atoms with van der Waals surface area (Å²) in [6.07, 6.45) is 20.7. The van der Waals surface area contributed by atoms with Gasteiger partial charge in [0.25, 0.3) is 0 Å². The summed E-state index contributed by atoms with van der Waals surface area (Å²) >= 11 is 0. The van der Waals surface area contributed by atoms with Crippen molar-refractivity contribution in [1.82, 2.24) is 0 Å². The van der Waals surface area contributed by atoms with Crippen molar-refractivity contribution < 1.29 is 9.53 Å². The second kappa shape index (κ2) is 12.5. The molecule has 1 fully saturated rings. The maximum Gasteiger partial charge on any atom is 0.305 e. The lowest BCUT2D eigenvalue weighted by Gasteiger charge is -2.14. The van der Waals surface area contributed by atoms with E-state index in [1.54, 1.807) is 0 Å². The van der Waals surface area contributed by atoms with E-state index in [9.17, 15) is 4.79 Å². The van der Waals surface area contributed by atoms with Crippen molar-refractivity contribution in [3.63, 3.8) is 0 Å². The Morgan fingerprint density at radius 1 is 1.08 bits per heavy atom. The van der Waals surface area contributed by atoms with Crippen molar-refractivity contribution in [3.8, 4) is 0 Å². The van der Waals surface area contributed by atoms with Crippen molar-refractivity contribution in [2.45, 2.75) is 64.2 Å². The van der Waals surface area contributed by atoms with E-state index in [1.165, 1.54) is 57.6 Å². The van der Waals surface area contributed by atoms with Gasteiger partial charge >= 0.3 is 5.97 Å². The smallest absolute Gasteiger partial charge is 0.305 e. The van der Waals surface area contributed by atoms with Crippen LogP contribution in [0.5, 0.6) is 0 Å². The molecule has 26 heavy (non-hydrogen) atoms. The normalized spacial score (nSPS) is 20.2. The van der Waals surface area contributed by atoms with Crippen molar-refractivity contribution >= 4 is 5.97 Å². The van der Waals surface area contributed by atoms with Crippen molar-refractivity contribution in [3.05, 3.63) is 60.2 Å². The van der Waals surface area contributed by atoms with E-state index in [0.717, 1.165) is 24.7 Å². The molecule has 0 bridgehead atoms. The van der Waals surface area contributed by atoms with Crippen LogP contribution >= 0.6 is 0 Å². The molecule has 1 saturated carbocycles. The molecule has 0 spiro atoms. The van der Waals surface area contributed by atoms with Gasteiger partial charge in [-0.15, -0.1) is 0 Å². The number of aryl methyl sites for hydroxylation is 1. The summed E-state index contributed by atoms with van der Waals surface area (Å²) in [5.41, 5.74) is 1.44. The van der Waals surface area contributed by atoms with Gasteiger partial charge in [-0.05, 0) is 68.8 Å². The summed E-state index contributed by atoms with van der Waals surface area (Å²) in [6, 6.07) is 10.8. The molecule has 142 valence electrons. The van der Waals surface area contributed by atoms with Crippen LogP contribution in [0.1, 0.15) is 63.4 Å². The predicted octanol–water partition coefficient (Wildman–Crippen LogP) is 6.27. The van der Waals surface area contributed by atoms with Gasteiger partial charge in [0.15, 0.2) is 0 Å². The van der Waals surface area contributed by atoms with Gasteiger partial charge in [-0.2, -0.15) is 0 Å². The molecule has 0 saturated heterocycles. The van der Waals surface area contributed by atoms with Gasteiger partial charge in [-0.3, -0.25) is 4.79 Å². The molecule has 0 aliphatic heterocycles. The monoisotopic (exact) mass is 354 g/mol. The molecule has 0 amide bonds. The number of rotatable bonds is 11. The molecule has 0 aromatic heterocycles. The summed E-state index contributed by atoms with van der Waals surface area (Å²) in [4.78, 5) is 11.1. The third kappa shape index (κ3) is 8.03. The standard InChI is InChI=1S/C24H34O2/c1-26-24(25)20-11-3-2-9-16-22-18-12-19-23(22)17-10-5-8-15-21-13-6-4-7-14-21/h2,4,6-7,9-10,13-14,17,22-23H,3,5,8,11-12,15-16,18-20H2,1H3/t22-,23-/m0/s1. The molecular weight excluding hydrogens is 320 g/mol. The van der Waals surface area contributed by atoms with Gasteiger partial charge in [0.05, 0.1) is 7.11 Å². The number of benzene rings is 1. The Bertz CT molecular complexity index is 559. The first-order valence-electron chi connectivity index (χ1n) is 10.2. The van der Waals surface area contributed by atoms with Gasteiger partial charge in [0, 0.05) is 6.42 Å². The minimum absolute atomic E-state index is 0.105. The Kier molecular flexibility index (Phi) is 9.86. The molecule has 1 aromatic carbocycles. The summed E-state index contributed by atoms with van der Waals surface area (Å²) in [6.45, 7) is 0. The van der Waals surface area contributed by atoms with Crippen LogP contribution in [0.15, 0.2) is 54.6 Å².